The second-order valence-corrected chi connectivity index (χ2v) is 9.04. The van der Waals surface area contributed by atoms with E-state index in [0.29, 0.717) is 10.6 Å². The molecule has 2 aromatic carbocycles. The third kappa shape index (κ3) is 5.15. The Morgan fingerprint density at radius 1 is 0.885 bits per heavy atom. The van der Waals surface area contributed by atoms with E-state index in [1.165, 1.54) is 61.7 Å². The molecule has 0 bridgehead atoms. The van der Waals surface area contributed by atoms with E-state index in [4.69, 9.17) is 11.6 Å². The van der Waals surface area contributed by atoms with Crippen LogP contribution in [0.3, 0.4) is 0 Å². The van der Waals surface area contributed by atoms with Crippen molar-refractivity contribution < 1.29 is 21.6 Å². The fourth-order valence-electron chi connectivity index (χ4n) is 1.89. The van der Waals surface area contributed by atoms with Gasteiger partial charge < -0.3 is 0 Å². The van der Waals surface area contributed by atoms with Crippen LogP contribution in [-0.2, 0) is 24.8 Å². The summed E-state index contributed by atoms with van der Waals surface area (Å²) in [4.78, 5) is 11.8. The summed E-state index contributed by atoms with van der Waals surface area (Å²) < 4.78 is 51.5. The van der Waals surface area contributed by atoms with Crippen molar-refractivity contribution in [2.24, 2.45) is 0 Å². The molecule has 0 spiro atoms. The maximum Gasteiger partial charge on any atom is 0.264 e. The minimum Gasteiger partial charge on any atom is -0.269 e. The van der Waals surface area contributed by atoms with Crippen molar-refractivity contribution in [2.45, 2.75) is 9.79 Å². The zero-order valence-corrected chi connectivity index (χ0v) is 15.9. The molecule has 0 saturated carbocycles. The van der Waals surface area contributed by atoms with E-state index in [0.717, 1.165) is 6.08 Å². The average molecular weight is 415 g/mol. The van der Waals surface area contributed by atoms with Gasteiger partial charge in [-0.1, -0.05) is 23.7 Å². The van der Waals surface area contributed by atoms with Crippen molar-refractivity contribution >= 4 is 43.6 Å². The highest BCUT2D eigenvalue weighted by molar-refractivity contribution is 7.90. The lowest BCUT2D eigenvalue weighted by Crippen LogP contribution is -2.28. The van der Waals surface area contributed by atoms with Crippen molar-refractivity contribution in [2.75, 3.05) is 7.05 Å². The number of sulfonamides is 2. The minimum absolute atomic E-state index is 0.0758. The molecule has 0 atom stereocenters. The SMILES string of the molecule is CNS(=O)(=O)c1ccc(/C=C/C(=O)NS(=O)(=O)c2ccc(Cl)cc2)cc1. The summed E-state index contributed by atoms with van der Waals surface area (Å²) in [6, 6.07) is 11.1. The first-order chi connectivity index (χ1) is 12.1. The maximum atomic E-state index is 12.1. The third-order valence-corrected chi connectivity index (χ3v) is 6.29. The van der Waals surface area contributed by atoms with E-state index in [-0.39, 0.29) is 9.79 Å². The summed E-state index contributed by atoms with van der Waals surface area (Å²) in [6.07, 6.45) is 2.40. The normalized spacial score (nSPS) is 12.2. The number of nitrogens with one attached hydrogen (secondary N) is 2. The number of hydrogen-bond donors (Lipinski definition) is 2. The number of halogens is 1. The van der Waals surface area contributed by atoms with Crippen molar-refractivity contribution in [3.05, 3.63) is 65.2 Å². The smallest absolute Gasteiger partial charge is 0.264 e. The van der Waals surface area contributed by atoms with Crippen LogP contribution in [0.4, 0.5) is 0 Å². The van der Waals surface area contributed by atoms with Crippen molar-refractivity contribution in [1.29, 1.82) is 0 Å². The Labute approximate surface area is 156 Å². The number of carbonyl (C=O) groups is 1. The molecular weight excluding hydrogens is 400 g/mol. The second kappa shape index (κ2) is 8.00. The first-order valence-corrected chi connectivity index (χ1v) is 10.5. The Kier molecular flexibility index (Phi) is 6.19. The molecule has 2 rings (SSSR count). The summed E-state index contributed by atoms with van der Waals surface area (Å²) in [5.74, 6) is -0.841. The molecule has 2 aromatic rings. The molecular formula is C16H15ClN2O5S2. The molecule has 26 heavy (non-hydrogen) atoms. The fraction of sp³-hybridized carbons (Fsp3) is 0.0625. The molecule has 1 amide bonds. The Morgan fingerprint density at radius 2 is 1.38 bits per heavy atom. The van der Waals surface area contributed by atoms with Crippen molar-refractivity contribution in [1.82, 2.24) is 9.44 Å². The topological polar surface area (TPSA) is 109 Å². The van der Waals surface area contributed by atoms with E-state index >= 15 is 0 Å². The van der Waals surface area contributed by atoms with Gasteiger partial charge in [-0.25, -0.2) is 26.3 Å². The largest absolute Gasteiger partial charge is 0.269 e. The average Bonchev–Trinajstić information content (AvgIpc) is 2.60. The molecule has 0 aliphatic rings. The molecule has 0 heterocycles. The lowest BCUT2D eigenvalue weighted by molar-refractivity contribution is -0.114. The van der Waals surface area contributed by atoms with E-state index < -0.39 is 26.0 Å². The summed E-state index contributed by atoms with van der Waals surface area (Å²) in [5, 5.41) is 0.374. The van der Waals surface area contributed by atoms with Crippen LogP contribution in [0, 0.1) is 0 Å². The predicted octanol–water partition coefficient (Wildman–Crippen LogP) is 1.77. The molecule has 138 valence electrons. The molecule has 0 fully saturated rings. The molecule has 2 N–H and O–H groups in total. The van der Waals surface area contributed by atoms with Crippen LogP contribution in [0.15, 0.2) is 64.4 Å². The lowest BCUT2D eigenvalue weighted by atomic mass is 10.2. The van der Waals surface area contributed by atoms with Gasteiger partial charge in [0.25, 0.3) is 15.9 Å². The summed E-state index contributed by atoms with van der Waals surface area (Å²) in [7, 11) is -6.25. The van der Waals surface area contributed by atoms with Crippen LogP contribution in [0.2, 0.25) is 5.02 Å². The van der Waals surface area contributed by atoms with Gasteiger partial charge in [0.1, 0.15) is 0 Å². The van der Waals surface area contributed by atoms with Gasteiger partial charge in [0, 0.05) is 11.1 Å². The molecule has 7 nitrogen and oxygen atoms in total. The molecule has 0 aliphatic heterocycles. The second-order valence-electron chi connectivity index (χ2n) is 5.03. The predicted molar refractivity (Wildman–Crippen MR) is 98.5 cm³/mol. The number of amides is 1. The van der Waals surface area contributed by atoms with Crippen LogP contribution >= 0.6 is 11.6 Å². The van der Waals surface area contributed by atoms with Crippen molar-refractivity contribution in [3.8, 4) is 0 Å². The number of carbonyl (C=O) groups excluding carboxylic acids is 1. The van der Waals surface area contributed by atoms with Gasteiger partial charge in [0.15, 0.2) is 0 Å². The van der Waals surface area contributed by atoms with Gasteiger partial charge in [0.2, 0.25) is 10.0 Å². The maximum absolute atomic E-state index is 12.1. The highest BCUT2D eigenvalue weighted by atomic mass is 35.5. The highest BCUT2D eigenvalue weighted by Gasteiger charge is 2.16. The summed E-state index contributed by atoms with van der Waals surface area (Å²) >= 11 is 5.70. The van der Waals surface area contributed by atoms with Crippen LogP contribution in [0.5, 0.6) is 0 Å². The zero-order valence-electron chi connectivity index (χ0n) is 13.5. The van der Waals surface area contributed by atoms with E-state index in [2.05, 4.69) is 4.72 Å². The van der Waals surface area contributed by atoms with Crippen LogP contribution in [0.25, 0.3) is 6.08 Å². The monoisotopic (exact) mass is 414 g/mol. The number of benzene rings is 2. The van der Waals surface area contributed by atoms with Gasteiger partial charge in [-0.05, 0) is 55.1 Å². The first-order valence-electron chi connectivity index (χ1n) is 7.18. The van der Waals surface area contributed by atoms with Gasteiger partial charge in [0.05, 0.1) is 9.79 Å². The Bertz CT molecular complexity index is 1030. The first kappa shape index (κ1) is 20.1. The third-order valence-electron chi connectivity index (χ3n) is 3.25. The standard InChI is InChI=1S/C16H15ClN2O5S2/c1-18-25(21,22)14-7-2-12(3-8-14)4-11-16(20)19-26(23,24)15-9-5-13(17)6-10-15/h2-11,18H,1H3,(H,19,20)/b11-4+. The van der Waals surface area contributed by atoms with E-state index in [1.807, 2.05) is 4.72 Å². The molecule has 0 radical (unpaired) electrons. The van der Waals surface area contributed by atoms with Crippen LogP contribution in [0.1, 0.15) is 5.56 Å². The lowest BCUT2D eigenvalue weighted by Gasteiger charge is -2.05. The summed E-state index contributed by atoms with van der Waals surface area (Å²) in [5.41, 5.74) is 0.527. The van der Waals surface area contributed by atoms with Gasteiger partial charge in [-0.15, -0.1) is 0 Å². The van der Waals surface area contributed by atoms with Gasteiger partial charge in [-0.3, -0.25) is 4.79 Å². The van der Waals surface area contributed by atoms with Crippen LogP contribution in [-0.4, -0.2) is 29.8 Å². The quantitative estimate of drug-likeness (QED) is 0.700. The number of rotatable bonds is 6. The Hall–Kier alpha value is -2.20. The highest BCUT2D eigenvalue weighted by Crippen LogP contribution is 2.14. The molecule has 0 aromatic heterocycles. The van der Waals surface area contributed by atoms with Crippen molar-refractivity contribution in [3.63, 3.8) is 0 Å². The molecule has 10 heteroatoms. The molecule has 0 aliphatic carbocycles. The van der Waals surface area contributed by atoms with E-state index in [9.17, 15) is 21.6 Å². The van der Waals surface area contributed by atoms with Gasteiger partial charge in [-0.2, -0.15) is 0 Å². The molecule has 0 saturated heterocycles. The molecule has 0 unspecified atom stereocenters. The van der Waals surface area contributed by atoms with E-state index in [1.54, 1.807) is 0 Å². The number of hydrogen-bond acceptors (Lipinski definition) is 5. The zero-order chi connectivity index (χ0) is 19.4. The van der Waals surface area contributed by atoms with Crippen LogP contribution < -0.4 is 9.44 Å². The Morgan fingerprint density at radius 3 is 1.92 bits per heavy atom. The Balaban J connectivity index is 2.08. The fourth-order valence-corrected chi connectivity index (χ4v) is 3.69. The summed E-state index contributed by atoms with van der Waals surface area (Å²) in [6.45, 7) is 0. The minimum atomic E-state index is -4.01. The van der Waals surface area contributed by atoms with Gasteiger partial charge >= 0.3 is 0 Å².